The highest BCUT2D eigenvalue weighted by atomic mass is 16.5. The Hall–Kier alpha value is -1.72. The maximum atomic E-state index is 5.16. The molecule has 0 N–H and O–H groups in total. The zero-order valence-corrected chi connectivity index (χ0v) is 9.01. The van der Waals surface area contributed by atoms with Crippen LogP contribution in [-0.4, -0.2) is 24.9 Å². The molecule has 0 aliphatic rings. The first kappa shape index (κ1) is 9.82. The highest BCUT2D eigenvalue weighted by molar-refractivity contribution is 4.98. The molecule has 80 valence electrons. The third-order valence-corrected chi connectivity index (χ3v) is 1.88. The molecule has 0 spiro atoms. The van der Waals surface area contributed by atoms with Crippen molar-refractivity contribution in [3.63, 3.8) is 0 Å². The van der Waals surface area contributed by atoms with Crippen molar-refractivity contribution in [1.82, 2.24) is 24.9 Å². The molecule has 0 aromatic carbocycles. The van der Waals surface area contributed by atoms with Crippen LogP contribution in [0.5, 0.6) is 0 Å². The van der Waals surface area contributed by atoms with E-state index in [1.807, 2.05) is 20.8 Å². The molecular weight excluding hydrogens is 194 g/mol. The molecule has 0 aliphatic heterocycles. The van der Waals surface area contributed by atoms with Gasteiger partial charge in [-0.05, 0) is 0 Å². The minimum absolute atomic E-state index is 0.117. The number of aromatic nitrogens is 5. The van der Waals surface area contributed by atoms with Gasteiger partial charge in [0.25, 0.3) is 0 Å². The summed E-state index contributed by atoms with van der Waals surface area (Å²) in [5.41, 5.74) is -0.117. The van der Waals surface area contributed by atoms with Crippen LogP contribution >= 0.6 is 0 Å². The lowest BCUT2D eigenvalue weighted by atomic mass is 9.97. The fraction of sp³-hybridized carbons (Fsp3) is 0.556. The van der Waals surface area contributed by atoms with E-state index in [9.17, 15) is 0 Å². The van der Waals surface area contributed by atoms with E-state index in [4.69, 9.17) is 4.52 Å². The summed E-state index contributed by atoms with van der Waals surface area (Å²) >= 11 is 0. The van der Waals surface area contributed by atoms with Gasteiger partial charge in [0.2, 0.25) is 5.89 Å². The van der Waals surface area contributed by atoms with E-state index in [1.165, 1.54) is 6.33 Å². The van der Waals surface area contributed by atoms with Crippen molar-refractivity contribution in [3.8, 4) is 0 Å². The van der Waals surface area contributed by atoms with E-state index in [-0.39, 0.29) is 5.41 Å². The number of nitrogens with zero attached hydrogens (tertiary/aromatic N) is 5. The SMILES string of the molecule is CC(C)(C)c1nc(Cn2cncn2)no1. The molecule has 0 saturated carbocycles. The summed E-state index contributed by atoms with van der Waals surface area (Å²) in [6.45, 7) is 6.57. The van der Waals surface area contributed by atoms with Crippen LogP contribution in [0.25, 0.3) is 0 Å². The maximum Gasteiger partial charge on any atom is 0.232 e. The van der Waals surface area contributed by atoms with E-state index in [0.717, 1.165) is 0 Å². The number of hydrogen-bond acceptors (Lipinski definition) is 5. The Balaban J connectivity index is 2.15. The van der Waals surface area contributed by atoms with Gasteiger partial charge in [-0.15, -0.1) is 0 Å². The molecule has 15 heavy (non-hydrogen) atoms. The van der Waals surface area contributed by atoms with E-state index in [1.54, 1.807) is 11.0 Å². The van der Waals surface area contributed by atoms with Crippen LogP contribution in [0.3, 0.4) is 0 Å². The monoisotopic (exact) mass is 207 g/mol. The zero-order valence-electron chi connectivity index (χ0n) is 9.01. The van der Waals surface area contributed by atoms with Crippen LogP contribution in [-0.2, 0) is 12.0 Å². The molecule has 2 heterocycles. The van der Waals surface area contributed by atoms with Gasteiger partial charge < -0.3 is 4.52 Å². The number of rotatable bonds is 2. The Kier molecular flexibility index (Phi) is 2.26. The topological polar surface area (TPSA) is 69.6 Å². The van der Waals surface area contributed by atoms with Gasteiger partial charge in [0.1, 0.15) is 19.2 Å². The average Bonchev–Trinajstić information content (AvgIpc) is 2.73. The lowest BCUT2D eigenvalue weighted by molar-refractivity contribution is 0.317. The lowest BCUT2D eigenvalue weighted by Crippen LogP contribution is -2.12. The largest absolute Gasteiger partial charge is 0.339 e. The molecule has 2 aromatic heterocycles. The van der Waals surface area contributed by atoms with Crippen LogP contribution < -0.4 is 0 Å². The van der Waals surface area contributed by atoms with Crippen molar-refractivity contribution in [2.75, 3.05) is 0 Å². The molecule has 2 aromatic rings. The molecular formula is C9H13N5O. The van der Waals surface area contributed by atoms with Gasteiger partial charge in [-0.2, -0.15) is 10.1 Å². The van der Waals surface area contributed by atoms with Crippen LogP contribution in [0.15, 0.2) is 17.2 Å². The number of hydrogen-bond donors (Lipinski definition) is 0. The van der Waals surface area contributed by atoms with Crippen LogP contribution in [0.2, 0.25) is 0 Å². The van der Waals surface area contributed by atoms with Crippen molar-refractivity contribution in [3.05, 3.63) is 24.4 Å². The Labute approximate surface area is 87.3 Å². The summed E-state index contributed by atoms with van der Waals surface area (Å²) in [6.07, 6.45) is 3.10. The maximum absolute atomic E-state index is 5.16. The van der Waals surface area contributed by atoms with E-state index in [0.29, 0.717) is 18.3 Å². The highest BCUT2D eigenvalue weighted by Gasteiger charge is 2.21. The second kappa shape index (κ2) is 3.45. The summed E-state index contributed by atoms with van der Waals surface area (Å²) in [4.78, 5) is 8.13. The molecule has 0 radical (unpaired) electrons. The quantitative estimate of drug-likeness (QED) is 0.735. The summed E-state index contributed by atoms with van der Waals surface area (Å²) in [7, 11) is 0. The van der Waals surface area contributed by atoms with Crippen LogP contribution in [0.4, 0.5) is 0 Å². The minimum atomic E-state index is -0.117. The minimum Gasteiger partial charge on any atom is -0.339 e. The van der Waals surface area contributed by atoms with Crippen LogP contribution in [0.1, 0.15) is 32.5 Å². The fourth-order valence-corrected chi connectivity index (χ4v) is 1.08. The summed E-state index contributed by atoms with van der Waals surface area (Å²) in [5, 5.41) is 7.85. The van der Waals surface area contributed by atoms with Gasteiger partial charge in [0, 0.05) is 5.41 Å². The molecule has 0 unspecified atom stereocenters. The Bertz CT molecular complexity index is 426. The first-order valence-corrected chi connectivity index (χ1v) is 4.71. The van der Waals surface area contributed by atoms with Gasteiger partial charge in [0.15, 0.2) is 5.82 Å². The van der Waals surface area contributed by atoms with Gasteiger partial charge in [-0.25, -0.2) is 9.67 Å². The molecule has 0 fully saturated rings. The Morgan fingerprint density at radius 2 is 2.20 bits per heavy atom. The van der Waals surface area contributed by atoms with Crippen molar-refractivity contribution < 1.29 is 4.52 Å². The molecule has 0 aliphatic carbocycles. The lowest BCUT2D eigenvalue weighted by Gasteiger charge is -2.10. The smallest absolute Gasteiger partial charge is 0.232 e. The van der Waals surface area contributed by atoms with Crippen molar-refractivity contribution >= 4 is 0 Å². The summed E-state index contributed by atoms with van der Waals surface area (Å²) in [6, 6.07) is 0. The first-order chi connectivity index (χ1) is 7.05. The first-order valence-electron chi connectivity index (χ1n) is 4.71. The van der Waals surface area contributed by atoms with E-state index in [2.05, 4.69) is 20.2 Å². The van der Waals surface area contributed by atoms with Gasteiger partial charge in [-0.3, -0.25) is 0 Å². The fourth-order valence-electron chi connectivity index (χ4n) is 1.08. The van der Waals surface area contributed by atoms with Gasteiger partial charge in [-0.1, -0.05) is 25.9 Å². The highest BCUT2D eigenvalue weighted by Crippen LogP contribution is 2.19. The molecule has 2 rings (SSSR count). The molecule has 0 saturated heterocycles. The summed E-state index contributed by atoms with van der Waals surface area (Å²) in [5.74, 6) is 1.25. The Morgan fingerprint density at radius 3 is 2.73 bits per heavy atom. The second-order valence-corrected chi connectivity index (χ2v) is 4.36. The second-order valence-electron chi connectivity index (χ2n) is 4.36. The Morgan fingerprint density at radius 1 is 1.40 bits per heavy atom. The van der Waals surface area contributed by atoms with E-state index < -0.39 is 0 Å². The average molecular weight is 207 g/mol. The van der Waals surface area contributed by atoms with Crippen molar-refractivity contribution in [2.24, 2.45) is 0 Å². The molecule has 0 atom stereocenters. The van der Waals surface area contributed by atoms with Gasteiger partial charge >= 0.3 is 0 Å². The van der Waals surface area contributed by atoms with Crippen molar-refractivity contribution in [1.29, 1.82) is 0 Å². The predicted octanol–water partition coefficient (Wildman–Crippen LogP) is 1.01. The third-order valence-electron chi connectivity index (χ3n) is 1.88. The zero-order chi connectivity index (χ0) is 10.9. The van der Waals surface area contributed by atoms with E-state index >= 15 is 0 Å². The summed E-state index contributed by atoms with van der Waals surface area (Å²) < 4.78 is 6.81. The standard InChI is InChI=1S/C9H13N5O/c1-9(2,3)8-12-7(13-15-8)4-14-6-10-5-11-14/h5-6H,4H2,1-3H3. The molecule has 0 bridgehead atoms. The predicted molar refractivity (Wildman–Crippen MR) is 52.1 cm³/mol. The van der Waals surface area contributed by atoms with Crippen molar-refractivity contribution in [2.45, 2.75) is 32.7 Å². The molecule has 6 nitrogen and oxygen atoms in total. The van der Waals surface area contributed by atoms with Gasteiger partial charge in [0.05, 0.1) is 0 Å². The molecule has 0 amide bonds. The van der Waals surface area contributed by atoms with Crippen LogP contribution in [0, 0.1) is 0 Å². The molecule has 6 heteroatoms. The third kappa shape index (κ3) is 2.20. The normalized spacial score (nSPS) is 11.9.